The van der Waals surface area contributed by atoms with Gasteiger partial charge in [0.25, 0.3) is 15.9 Å². The summed E-state index contributed by atoms with van der Waals surface area (Å²) in [6, 6.07) is 20.1. The number of carbonyl (C=O) groups is 1. The van der Waals surface area contributed by atoms with Crippen LogP contribution in [-0.4, -0.2) is 33.7 Å². The molecule has 0 heterocycles. The lowest BCUT2D eigenvalue weighted by Gasteiger charge is -2.24. The Bertz CT molecular complexity index is 1240. The largest absolute Gasteiger partial charge is 0.494 e. The number of halogens is 1. The zero-order valence-corrected chi connectivity index (χ0v) is 20.5. The number of nitrogens with one attached hydrogen (secondary N) is 1. The van der Waals surface area contributed by atoms with Crippen molar-refractivity contribution in [3.05, 3.63) is 88.9 Å². The van der Waals surface area contributed by atoms with E-state index < -0.39 is 22.5 Å². The van der Waals surface area contributed by atoms with Crippen LogP contribution in [-0.2, 0) is 14.8 Å². The molecule has 34 heavy (non-hydrogen) atoms. The topological polar surface area (TPSA) is 88.1 Å². The van der Waals surface area contributed by atoms with Crippen LogP contribution in [0.1, 0.15) is 24.5 Å². The number of anilines is 1. The van der Waals surface area contributed by atoms with Crippen molar-refractivity contribution < 1.29 is 17.9 Å². The van der Waals surface area contributed by atoms with E-state index >= 15 is 0 Å². The first-order valence-electron chi connectivity index (χ1n) is 10.7. The van der Waals surface area contributed by atoms with Crippen molar-refractivity contribution in [1.82, 2.24) is 5.43 Å². The van der Waals surface area contributed by atoms with E-state index in [4.69, 9.17) is 16.3 Å². The van der Waals surface area contributed by atoms with Crippen LogP contribution >= 0.6 is 11.6 Å². The predicted molar refractivity (Wildman–Crippen MR) is 135 cm³/mol. The van der Waals surface area contributed by atoms with Gasteiger partial charge in [0.05, 0.1) is 28.4 Å². The molecule has 0 fully saturated rings. The number of ether oxygens (including phenoxy) is 1. The van der Waals surface area contributed by atoms with Gasteiger partial charge in [0.2, 0.25) is 0 Å². The summed E-state index contributed by atoms with van der Waals surface area (Å²) in [6.07, 6.45) is 2.38. The SMILES string of the molecule is CCCOc1ccc(/C=N\NC(=O)CN(c2ccccc2Cl)S(=O)(=O)c2ccc(C)cc2)cc1. The molecule has 0 aliphatic heterocycles. The van der Waals surface area contributed by atoms with E-state index in [-0.39, 0.29) is 15.6 Å². The molecule has 3 aromatic rings. The Kier molecular flexibility index (Phi) is 8.67. The molecule has 3 rings (SSSR count). The standard InChI is InChI=1S/C25H26ClN3O4S/c1-3-16-33-21-12-10-20(11-13-21)17-27-28-25(30)18-29(24-7-5-4-6-23(24)26)34(31,32)22-14-8-19(2)9-15-22/h4-15,17H,3,16,18H2,1-2H3,(H,28,30)/b27-17-. The van der Waals surface area contributed by atoms with Gasteiger partial charge >= 0.3 is 0 Å². The summed E-state index contributed by atoms with van der Waals surface area (Å²) < 4.78 is 33.3. The molecule has 3 aromatic carbocycles. The second kappa shape index (κ2) is 11.7. The molecule has 0 bridgehead atoms. The van der Waals surface area contributed by atoms with Gasteiger partial charge in [-0.05, 0) is 67.4 Å². The molecule has 0 radical (unpaired) electrons. The van der Waals surface area contributed by atoms with Crippen LogP contribution in [0.4, 0.5) is 5.69 Å². The van der Waals surface area contributed by atoms with Gasteiger partial charge in [0.15, 0.2) is 0 Å². The third-order valence-corrected chi connectivity index (χ3v) is 6.87. The normalized spacial score (nSPS) is 11.4. The first-order valence-corrected chi connectivity index (χ1v) is 12.5. The molecule has 0 aliphatic carbocycles. The molecule has 178 valence electrons. The van der Waals surface area contributed by atoms with E-state index in [1.807, 2.05) is 26.0 Å². The molecule has 9 heteroatoms. The highest BCUT2D eigenvalue weighted by atomic mass is 35.5. The smallest absolute Gasteiger partial charge is 0.264 e. The van der Waals surface area contributed by atoms with E-state index in [1.54, 1.807) is 48.5 Å². The molecule has 0 aromatic heterocycles. The lowest BCUT2D eigenvalue weighted by Crippen LogP contribution is -2.39. The number of carbonyl (C=O) groups excluding carboxylic acids is 1. The molecular formula is C25H26ClN3O4S. The highest BCUT2D eigenvalue weighted by Gasteiger charge is 2.28. The molecule has 7 nitrogen and oxygen atoms in total. The quantitative estimate of drug-likeness (QED) is 0.321. The van der Waals surface area contributed by atoms with Crippen LogP contribution in [0, 0.1) is 6.92 Å². The molecule has 1 amide bonds. The average molecular weight is 500 g/mol. The molecule has 0 saturated carbocycles. The van der Waals surface area contributed by atoms with Crippen molar-refractivity contribution in [3.8, 4) is 5.75 Å². The molecule has 0 saturated heterocycles. The maximum absolute atomic E-state index is 13.4. The van der Waals surface area contributed by atoms with Gasteiger partial charge in [-0.3, -0.25) is 9.10 Å². The van der Waals surface area contributed by atoms with Crippen LogP contribution in [0.15, 0.2) is 82.8 Å². The van der Waals surface area contributed by atoms with Gasteiger partial charge in [0, 0.05) is 0 Å². The van der Waals surface area contributed by atoms with Crippen molar-refractivity contribution in [1.29, 1.82) is 0 Å². The van der Waals surface area contributed by atoms with E-state index in [1.165, 1.54) is 18.3 Å². The fourth-order valence-corrected chi connectivity index (χ4v) is 4.73. The van der Waals surface area contributed by atoms with Crippen LogP contribution in [0.5, 0.6) is 5.75 Å². The Balaban J connectivity index is 1.76. The van der Waals surface area contributed by atoms with Gasteiger partial charge in [-0.1, -0.05) is 48.4 Å². The second-order valence-corrected chi connectivity index (χ2v) is 9.76. The minimum Gasteiger partial charge on any atom is -0.494 e. The fourth-order valence-electron chi connectivity index (χ4n) is 3.01. The number of para-hydroxylation sites is 1. The van der Waals surface area contributed by atoms with Gasteiger partial charge in [-0.15, -0.1) is 0 Å². The third-order valence-electron chi connectivity index (χ3n) is 4.77. The fraction of sp³-hybridized carbons (Fsp3) is 0.200. The Morgan fingerprint density at radius 3 is 2.38 bits per heavy atom. The third kappa shape index (κ3) is 6.59. The first-order chi connectivity index (χ1) is 16.3. The molecular weight excluding hydrogens is 474 g/mol. The predicted octanol–water partition coefficient (Wildman–Crippen LogP) is 4.78. The number of hydrogen-bond acceptors (Lipinski definition) is 5. The summed E-state index contributed by atoms with van der Waals surface area (Å²) in [5, 5.41) is 4.16. The summed E-state index contributed by atoms with van der Waals surface area (Å²) >= 11 is 6.27. The molecule has 0 spiro atoms. The first kappa shape index (κ1) is 25.3. The monoisotopic (exact) mass is 499 g/mol. The Morgan fingerprint density at radius 2 is 1.74 bits per heavy atom. The maximum Gasteiger partial charge on any atom is 0.264 e. The summed E-state index contributed by atoms with van der Waals surface area (Å²) in [4.78, 5) is 12.7. The number of benzene rings is 3. The van der Waals surface area contributed by atoms with Crippen molar-refractivity contribution in [2.75, 3.05) is 17.5 Å². The molecule has 0 aliphatic rings. The number of amides is 1. The molecule has 0 atom stereocenters. The number of hydrazone groups is 1. The van der Waals surface area contributed by atoms with Crippen LogP contribution in [0.25, 0.3) is 0 Å². The number of nitrogens with zero attached hydrogens (tertiary/aromatic N) is 2. The minimum absolute atomic E-state index is 0.0553. The summed E-state index contributed by atoms with van der Waals surface area (Å²) in [6.45, 7) is 4.03. The number of hydrogen-bond donors (Lipinski definition) is 1. The van der Waals surface area contributed by atoms with Crippen LogP contribution in [0.2, 0.25) is 5.02 Å². The molecule has 0 unspecified atom stereocenters. The highest BCUT2D eigenvalue weighted by molar-refractivity contribution is 7.92. The van der Waals surface area contributed by atoms with E-state index in [9.17, 15) is 13.2 Å². The van der Waals surface area contributed by atoms with E-state index in [0.717, 1.165) is 27.6 Å². The Hall–Kier alpha value is -3.36. The summed E-state index contributed by atoms with van der Waals surface area (Å²) in [5.41, 5.74) is 4.25. The van der Waals surface area contributed by atoms with Gasteiger partial charge in [0.1, 0.15) is 12.3 Å². The van der Waals surface area contributed by atoms with Gasteiger partial charge in [-0.25, -0.2) is 13.8 Å². The number of sulfonamides is 1. The molecule has 1 N–H and O–H groups in total. The van der Waals surface area contributed by atoms with Gasteiger partial charge in [-0.2, -0.15) is 5.10 Å². The average Bonchev–Trinajstić information content (AvgIpc) is 2.83. The number of aryl methyl sites for hydroxylation is 1. The lowest BCUT2D eigenvalue weighted by atomic mass is 10.2. The highest BCUT2D eigenvalue weighted by Crippen LogP contribution is 2.30. The van der Waals surface area contributed by atoms with E-state index in [2.05, 4.69) is 10.5 Å². The summed E-state index contributed by atoms with van der Waals surface area (Å²) in [7, 11) is -4.06. The summed E-state index contributed by atoms with van der Waals surface area (Å²) in [5.74, 6) is 0.134. The number of rotatable bonds is 10. The zero-order valence-electron chi connectivity index (χ0n) is 18.9. The zero-order chi connectivity index (χ0) is 24.6. The second-order valence-electron chi connectivity index (χ2n) is 7.49. The van der Waals surface area contributed by atoms with Crippen molar-refractivity contribution in [2.45, 2.75) is 25.2 Å². The Morgan fingerprint density at radius 1 is 1.06 bits per heavy atom. The van der Waals surface area contributed by atoms with Crippen LogP contribution in [0.3, 0.4) is 0 Å². The van der Waals surface area contributed by atoms with Crippen LogP contribution < -0.4 is 14.5 Å². The maximum atomic E-state index is 13.4. The van der Waals surface area contributed by atoms with Crippen molar-refractivity contribution in [2.24, 2.45) is 5.10 Å². The van der Waals surface area contributed by atoms with Crippen molar-refractivity contribution in [3.63, 3.8) is 0 Å². The minimum atomic E-state index is -4.06. The van der Waals surface area contributed by atoms with E-state index in [0.29, 0.717) is 6.61 Å². The lowest BCUT2D eigenvalue weighted by molar-refractivity contribution is -0.119. The van der Waals surface area contributed by atoms with Gasteiger partial charge < -0.3 is 4.74 Å². The van der Waals surface area contributed by atoms with Crippen molar-refractivity contribution >= 4 is 39.4 Å². The Labute approximate surface area is 205 Å².